The maximum atomic E-state index is 13.2. The fraction of sp³-hybridized carbons (Fsp3) is 0.393. The molecule has 186 valence electrons. The second-order valence-electron chi connectivity index (χ2n) is 9.85. The maximum absolute atomic E-state index is 13.2. The van der Waals surface area contributed by atoms with Crippen molar-refractivity contribution >= 4 is 11.6 Å². The summed E-state index contributed by atoms with van der Waals surface area (Å²) in [5.41, 5.74) is 6.37. The van der Waals surface area contributed by atoms with E-state index in [1.807, 2.05) is 36.5 Å². The third kappa shape index (κ3) is 4.84. The number of ether oxygens (including phenoxy) is 1. The number of nitrogens with zero attached hydrogens (tertiary/aromatic N) is 4. The number of anilines is 1. The van der Waals surface area contributed by atoms with E-state index in [0.717, 1.165) is 52.5 Å². The first kappa shape index (κ1) is 23.1. The summed E-state index contributed by atoms with van der Waals surface area (Å²) in [4.78, 5) is 27.1. The van der Waals surface area contributed by atoms with Crippen molar-refractivity contribution < 1.29 is 14.6 Å². The Bertz CT molecular complexity index is 1240. The van der Waals surface area contributed by atoms with Crippen molar-refractivity contribution in [1.82, 2.24) is 20.2 Å². The Kier molecular flexibility index (Phi) is 6.39. The number of nitrogens with one attached hydrogen (secondary N) is 1. The summed E-state index contributed by atoms with van der Waals surface area (Å²) in [7, 11) is 0. The molecule has 4 aliphatic rings. The molecule has 0 spiro atoms. The number of aliphatic hydroxyl groups excluding tert-OH is 1. The van der Waals surface area contributed by atoms with Gasteiger partial charge in [0.25, 0.3) is 0 Å². The fourth-order valence-electron chi connectivity index (χ4n) is 5.46. The lowest BCUT2D eigenvalue weighted by atomic mass is 10.0. The number of carbonyl (C=O) groups excluding carboxylic acids is 1. The van der Waals surface area contributed by atoms with Crippen LogP contribution in [0.3, 0.4) is 0 Å². The molecular weight excluding hydrogens is 454 g/mol. The van der Waals surface area contributed by atoms with Crippen LogP contribution in [0, 0.1) is 0 Å². The summed E-state index contributed by atoms with van der Waals surface area (Å²) in [5, 5.41) is 13.6. The molecule has 6 bridgehead atoms. The Morgan fingerprint density at radius 1 is 1.03 bits per heavy atom. The van der Waals surface area contributed by atoms with Crippen LogP contribution in [-0.4, -0.2) is 70.9 Å². The third-order valence-electron chi connectivity index (χ3n) is 7.34. The summed E-state index contributed by atoms with van der Waals surface area (Å²) >= 11 is 0. The highest BCUT2D eigenvalue weighted by atomic mass is 16.5. The van der Waals surface area contributed by atoms with Crippen molar-refractivity contribution in [2.45, 2.75) is 38.1 Å². The smallest absolute Gasteiger partial charge is 0.237 e. The van der Waals surface area contributed by atoms with Gasteiger partial charge in [-0.3, -0.25) is 9.69 Å². The molecule has 0 aliphatic carbocycles. The van der Waals surface area contributed by atoms with Crippen molar-refractivity contribution in [1.29, 1.82) is 0 Å². The molecule has 0 unspecified atom stereocenters. The Hall–Kier alpha value is -3.33. The molecule has 3 aromatic rings. The number of hydrogen-bond acceptors (Lipinski definition) is 7. The van der Waals surface area contributed by atoms with Gasteiger partial charge in [-0.1, -0.05) is 36.4 Å². The van der Waals surface area contributed by atoms with Crippen LogP contribution in [0.2, 0.25) is 0 Å². The van der Waals surface area contributed by atoms with E-state index in [1.165, 1.54) is 0 Å². The molecule has 1 amide bonds. The first-order valence-electron chi connectivity index (χ1n) is 12.7. The molecule has 0 saturated carbocycles. The number of aromatic nitrogens is 2. The predicted molar refractivity (Wildman–Crippen MR) is 136 cm³/mol. The first-order chi connectivity index (χ1) is 17.6. The van der Waals surface area contributed by atoms with E-state index in [9.17, 15) is 9.90 Å². The van der Waals surface area contributed by atoms with E-state index in [2.05, 4.69) is 38.3 Å². The lowest BCUT2D eigenvalue weighted by Gasteiger charge is -2.32. The molecule has 1 aromatic heterocycles. The number of rotatable bonds is 1. The minimum Gasteiger partial charge on any atom is -0.392 e. The van der Waals surface area contributed by atoms with E-state index in [4.69, 9.17) is 9.72 Å². The van der Waals surface area contributed by atoms with Gasteiger partial charge in [-0.15, -0.1) is 0 Å². The van der Waals surface area contributed by atoms with Crippen LogP contribution >= 0.6 is 0 Å². The van der Waals surface area contributed by atoms with Crippen LogP contribution in [-0.2, 0) is 29.0 Å². The van der Waals surface area contributed by atoms with Gasteiger partial charge in [0.2, 0.25) is 5.91 Å². The van der Waals surface area contributed by atoms with Gasteiger partial charge >= 0.3 is 0 Å². The Labute approximate surface area is 210 Å². The van der Waals surface area contributed by atoms with Crippen LogP contribution in [0.1, 0.15) is 28.9 Å². The van der Waals surface area contributed by atoms with Gasteiger partial charge in [0.05, 0.1) is 31.1 Å². The second-order valence-corrected chi connectivity index (χ2v) is 9.85. The minimum absolute atomic E-state index is 0.0402. The maximum Gasteiger partial charge on any atom is 0.237 e. The number of carbonyl (C=O) groups is 1. The molecule has 2 aromatic carbocycles. The molecule has 0 radical (unpaired) electrons. The summed E-state index contributed by atoms with van der Waals surface area (Å²) in [5.74, 6) is 0.735. The van der Waals surface area contributed by atoms with Gasteiger partial charge in [-0.05, 0) is 35.2 Å². The Balaban J connectivity index is 1.41. The van der Waals surface area contributed by atoms with E-state index in [0.29, 0.717) is 45.7 Å². The number of aliphatic hydroxyl groups is 1. The van der Waals surface area contributed by atoms with Crippen molar-refractivity contribution in [3.8, 4) is 11.3 Å². The van der Waals surface area contributed by atoms with Gasteiger partial charge in [-0.2, -0.15) is 0 Å². The van der Waals surface area contributed by atoms with E-state index < -0.39 is 6.10 Å². The monoisotopic (exact) mass is 485 g/mol. The van der Waals surface area contributed by atoms with Gasteiger partial charge in [0.15, 0.2) is 0 Å². The highest BCUT2D eigenvalue weighted by Crippen LogP contribution is 2.29. The lowest BCUT2D eigenvalue weighted by molar-refractivity contribution is -0.125. The molecule has 2 atom stereocenters. The predicted octanol–water partition coefficient (Wildman–Crippen LogP) is 2.14. The van der Waals surface area contributed by atoms with Crippen LogP contribution in [0.4, 0.5) is 5.69 Å². The molecule has 36 heavy (non-hydrogen) atoms. The highest BCUT2D eigenvalue weighted by Gasteiger charge is 2.36. The number of morpholine rings is 1. The number of amides is 1. The molecule has 5 heterocycles. The standard InChI is InChI=1S/C28H31N5O3/c34-23-15-26-28(35)30-16-19-1-4-21(5-2-19)24-7-8-29-27(31-24)14-20-3-6-25(32-9-11-36-12-10-32)22(13-20)17-33(26)18-23/h1-8,13,23,26,34H,9-12,14-18H2,(H,30,35)/t23-,26-/m1/s1. The van der Waals surface area contributed by atoms with Crippen molar-refractivity contribution in [3.63, 3.8) is 0 Å². The van der Waals surface area contributed by atoms with Crippen LogP contribution in [0.15, 0.2) is 54.7 Å². The van der Waals surface area contributed by atoms with E-state index in [-0.39, 0.29) is 11.9 Å². The SMILES string of the molecule is O=C1NCc2ccc(cc2)-c2ccnc(n2)Cc2ccc(N3CCOCC3)c(c2)CN2C[C@H](O)C[C@H]12. The fourth-order valence-corrected chi connectivity index (χ4v) is 5.46. The molecule has 2 fully saturated rings. The van der Waals surface area contributed by atoms with Gasteiger partial charge in [-0.25, -0.2) is 9.97 Å². The lowest BCUT2D eigenvalue weighted by Crippen LogP contribution is -2.43. The molecule has 2 N–H and O–H groups in total. The first-order valence-corrected chi connectivity index (χ1v) is 12.7. The zero-order valence-electron chi connectivity index (χ0n) is 20.3. The third-order valence-corrected chi connectivity index (χ3v) is 7.34. The molecular formula is C28H31N5O3. The molecule has 8 nitrogen and oxygen atoms in total. The summed E-state index contributed by atoms with van der Waals surface area (Å²) in [6.07, 6.45) is 2.36. The Morgan fingerprint density at radius 3 is 2.67 bits per heavy atom. The van der Waals surface area contributed by atoms with E-state index >= 15 is 0 Å². The minimum atomic E-state index is -0.517. The largest absolute Gasteiger partial charge is 0.392 e. The number of hydrogen-bond donors (Lipinski definition) is 2. The van der Waals surface area contributed by atoms with Crippen molar-refractivity contribution in [2.75, 3.05) is 37.7 Å². The summed E-state index contributed by atoms with van der Waals surface area (Å²) < 4.78 is 5.58. The van der Waals surface area contributed by atoms with Crippen LogP contribution in [0.25, 0.3) is 11.3 Å². The zero-order chi connectivity index (χ0) is 24.5. The van der Waals surface area contributed by atoms with E-state index in [1.54, 1.807) is 0 Å². The molecule has 2 saturated heterocycles. The average Bonchev–Trinajstić information content (AvgIpc) is 3.28. The molecule has 4 aliphatic heterocycles. The number of benzene rings is 2. The second kappa shape index (κ2) is 9.97. The van der Waals surface area contributed by atoms with Gasteiger partial charge in [0, 0.05) is 56.6 Å². The van der Waals surface area contributed by atoms with Crippen molar-refractivity contribution in [3.05, 3.63) is 77.2 Å². The van der Waals surface area contributed by atoms with Crippen LogP contribution < -0.4 is 10.2 Å². The zero-order valence-corrected chi connectivity index (χ0v) is 20.3. The summed E-state index contributed by atoms with van der Waals surface area (Å²) in [6, 6.07) is 16.2. The summed E-state index contributed by atoms with van der Waals surface area (Å²) in [6.45, 7) is 4.59. The van der Waals surface area contributed by atoms with Gasteiger partial charge < -0.3 is 20.1 Å². The average molecular weight is 486 g/mol. The highest BCUT2D eigenvalue weighted by molar-refractivity contribution is 5.82. The Morgan fingerprint density at radius 2 is 1.83 bits per heavy atom. The quantitative estimate of drug-likeness (QED) is 0.546. The molecule has 7 rings (SSSR count). The topological polar surface area (TPSA) is 90.8 Å². The van der Waals surface area contributed by atoms with Crippen molar-refractivity contribution in [2.24, 2.45) is 0 Å². The normalized spacial score (nSPS) is 22.7. The van der Waals surface area contributed by atoms with Gasteiger partial charge in [0.1, 0.15) is 5.82 Å². The number of fused-ring (bicyclic) bond motifs is 4. The van der Waals surface area contributed by atoms with Crippen LogP contribution in [0.5, 0.6) is 0 Å². The molecule has 8 heteroatoms.